The average Bonchev–Trinajstić information content (AvgIpc) is 2.97. The lowest BCUT2D eigenvalue weighted by Crippen LogP contribution is -1.99. The van der Waals surface area contributed by atoms with Crippen molar-refractivity contribution in [3.8, 4) is 11.1 Å². The van der Waals surface area contributed by atoms with Gasteiger partial charge in [-0.05, 0) is 101 Å². The standard InChI is InChI=1S/C37H51N2/c1-6-10-12-15-21-34-29-35(24-23-31(34)8-3)38-39(5)26-25-30-27-32(9-4)36(22-18-13-11-7-2)37(28-30)33-19-16-14-17-20-33/h14,16-17,19-20,23-29H,6-13,15,18,21-22H2,1-5H3/q+1. The molecule has 0 fully saturated rings. The summed E-state index contributed by atoms with van der Waals surface area (Å²) >= 11 is 0. The van der Waals surface area contributed by atoms with E-state index in [0.717, 1.165) is 31.4 Å². The summed E-state index contributed by atoms with van der Waals surface area (Å²) in [5.74, 6) is 0. The van der Waals surface area contributed by atoms with Gasteiger partial charge in [0.25, 0.3) is 0 Å². The molecule has 39 heavy (non-hydrogen) atoms. The highest BCUT2D eigenvalue weighted by atomic mass is 15.2. The largest absolute Gasteiger partial charge is 0.196 e. The Labute approximate surface area is 238 Å². The SMILES string of the molecule is CCCCCCc1cc(N=[N+](C)C=Cc2cc(CC)c(CCCCCC)c(-c3ccccc3)c2)ccc1CC. The van der Waals surface area contributed by atoms with Crippen molar-refractivity contribution in [1.82, 2.24) is 0 Å². The third-order valence-electron chi connectivity index (χ3n) is 7.74. The lowest BCUT2D eigenvalue weighted by atomic mass is 9.88. The van der Waals surface area contributed by atoms with Gasteiger partial charge >= 0.3 is 0 Å². The van der Waals surface area contributed by atoms with E-state index in [2.05, 4.69) is 101 Å². The highest BCUT2D eigenvalue weighted by Gasteiger charge is 2.12. The quantitative estimate of drug-likeness (QED) is 0.101. The van der Waals surface area contributed by atoms with Crippen molar-refractivity contribution in [3.63, 3.8) is 0 Å². The van der Waals surface area contributed by atoms with Gasteiger partial charge in [0.15, 0.2) is 13.2 Å². The van der Waals surface area contributed by atoms with Crippen molar-refractivity contribution in [2.24, 2.45) is 5.11 Å². The fourth-order valence-electron chi connectivity index (χ4n) is 5.47. The molecular formula is C37H51N2+. The molecule has 2 nitrogen and oxygen atoms in total. The Morgan fingerprint density at radius 3 is 2.03 bits per heavy atom. The summed E-state index contributed by atoms with van der Waals surface area (Å²) in [4.78, 5) is 0. The number of aryl methyl sites for hydroxylation is 3. The van der Waals surface area contributed by atoms with Crippen LogP contribution in [0.5, 0.6) is 0 Å². The second-order valence-electron chi connectivity index (χ2n) is 10.8. The molecule has 3 aromatic rings. The van der Waals surface area contributed by atoms with E-state index in [1.165, 1.54) is 90.3 Å². The zero-order valence-corrected chi connectivity index (χ0v) is 25.3. The number of benzene rings is 3. The van der Waals surface area contributed by atoms with Gasteiger partial charge in [0.2, 0.25) is 0 Å². The van der Waals surface area contributed by atoms with Crippen molar-refractivity contribution >= 4 is 11.8 Å². The van der Waals surface area contributed by atoms with Gasteiger partial charge in [0.1, 0.15) is 5.69 Å². The van der Waals surface area contributed by atoms with E-state index in [9.17, 15) is 0 Å². The first kappa shape index (κ1) is 30.5. The normalized spacial score (nSPS) is 12.0. The summed E-state index contributed by atoms with van der Waals surface area (Å²) in [6.45, 7) is 9.09. The van der Waals surface area contributed by atoms with Crippen LogP contribution in [0.25, 0.3) is 17.2 Å². The molecule has 0 aliphatic carbocycles. The van der Waals surface area contributed by atoms with Gasteiger partial charge in [0, 0.05) is 6.08 Å². The minimum atomic E-state index is 1.03. The molecule has 0 N–H and O–H groups in total. The van der Waals surface area contributed by atoms with E-state index < -0.39 is 0 Å². The Balaban J connectivity index is 1.85. The zero-order chi connectivity index (χ0) is 27.9. The molecule has 3 rings (SSSR count). The van der Waals surface area contributed by atoms with Crippen molar-refractivity contribution in [1.29, 1.82) is 0 Å². The van der Waals surface area contributed by atoms with Crippen LogP contribution in [0.2, 0.25) is 0 Å². The molecule has 2 heteroatoms. The predicted molar refractivity (Wildman–Crippen MR) is 170 cm³/mol. The molecule has 0 heterocycles. The number of unbranched alkanes of at least 4 members (excludes halogenated alkanes) is 6. The number of rotatable bonds is 16. The maximum absolute atomic E-state index is 4.90. The molecule has 0 saturated heterocycles. The molecule has 0 aromatic heterocycles. The van der Waals surface area contributed by atoms with Gasteiger partial charge in [-0.15, -0.1) is 0 Å². The van der Waals surface area contributed by atoms with Gasteiger partial charge in [0.05, 0.1) is 0 Å². The van der Waals surface area contributed by atoms with Crippen LogP contribution >= 0.6 is 0 Å². The first-order valence-corrected chi connectivity index (χ1v) is 15.5. The molecule has 0 amide bonds. The molecular weight excluding hydrogens is 472 g/mol. The predicted octanol–water partition coefficient (Wildman–Crippen LogP) is 11.1. The van der Waals surface area contributed by atoms with Gasteiger partial charge in [-0.25, -0.2) is 0 Å². The molecule has 0 atom stereocenters. The van der Waals surface area contributed by atoms with Crippen LogP contribution in [0.4, 0.5) is 5.69 Å². The van der Waals surface area contributed by atoms with E-state index in [1.54, 1.807) is 0 Å². The highest BCUT2D eigenvalue weighted by molar-refractivity contribution is 5.72. The minimum Gasteiger partial charge on any atom is -0.0934 e. The maximum atomic E-state index is 4.90. The summed E-state index contributed by atoms with van der Waals surface area (Å²) in [7, 11) is 2.03. The molecule has 0 aliphatic rings. The average molecular weight is 524 g/mol. The molecule has 0 unspecified atom stereocenters. The van der Waals surface area contributed by atoms with Gasteiger partial charge in [-0.1, -0.05) is 113 Å². The smallest absolute Gasteiger partial charge is 0.0934 e. The Kier molecular flexibility index (Phi) is 13.2. The summed E-state index contributed by atoms with van der Waals surface area (Å²) in [6.07, 6.45) is 19.1. The van der Waals surface area contributed by atoms with Gasteiger partial charge < -0.3 is 0 Å². The van der Waals surface area contributed by atoms with Crippen LogP contribution in [0, 0.1) is 0 Å². The monoisotopic (exact) mass is 523 g/mol. The summed E-state index contributed by atoms with van der Waals surface area (Å²) in [6, 6.07) is 22.4. The van der Waals surface area contributed by atoms with Crippen LogP contribution in [-0.2, 0) is 25.7 Å². The summed E-state index contributed by atoms with van der Waals surface area (Å²) < 4.78 is 1.95. The van der Waals surface area contributed by atoms with E-state index in [-0.39, 0.29) is 0 Å². The van der Waals surface area contributed by atoms with Crippen molar-refractivity contribution in [2.45, 2.75) is 105 Å². The van der Waals surface area contributed by atoms with E-state index >= 15 is 0 Å². The number of hydrogen-bond acceptors (Lipinski definition) is 1. The van der Waals surface area contributed by atoms with Crippen LogP contribution in [-0.4, -0.2) is 11.7 Å². The van der Waals surface area contributed by atoms with Crippen LogP contribution in [0.1, 0.15) is 107 Å². The van der Waals surface area contributed by atoms with Gasteiger partial charge in [-0.3, -0.25) is 0 Å². The zero-order valence-electron chi connectivity index (χ0n) is 25.3. The topological polar surface area (TPSA) is 15.4 Å². The Bertz CT molecular complexity index is 1200. The van der Waals surface area contributed by atoms with Crippen molar-refractivity contribution < 1.29 is 4.70 Å². The second-order valence-corrected chi connectivity index (χ2v) is 10.8. The van der Waals surface area contributed by atoms with Crippen molar-refractivity contribution in [2.75, 3.05) is 7.05 Å². The number of hydrogen-bond donors (Lipinski definition) is 0. The second kappa shape index (κ2) is 16.9. The third-order valence-corrected chi connectivity index (χ3v) is 7.74. The molecule has 0 spiro atoms. The lowest BCUT2D eigenvalue weighted by Gasteiger charge is -2.16. The number of azo groups is 2. The molecule has 3 aromatic carbocycles. The lowest BCUT2D eigenvalue weighted by molar-refractivity contribution is -0.491. The molecule has 0 bridgehead atoms. The maximum Gasteiger partial charge on any atom is 0.196 e. The fraction of sp³-hybridized carbons (Fsp3) is 0.459. The molecule has 208 valence electrons. The Morgan fingerprint density at radius 2 is 1.36 bits per heavy atom. The Morgan fingerprint density at radius 1 is 0.667 bits per heavy atom. The highest BCUT2D eigenvalue weighted by Crippen LogP contribution is 2.31. The third kappa shape index (κ3) is 9.60. The fourth-order valence-corrected chi connectivity index (χ4v) is 5.47. The van der Waals surface area contributed by atoms with Gasteiger partial charge in [-0.2, -0.15) is 0 Å². The van der Waals surface area contributed by atoms with Crippen LogP contribution in [0.3, 0.4) is 0 Å². The first-order chi connectivity index (χ1) is 19.1. The summed E-state index contributed by atoms with van der Waals surface area (Å²) in [5, 5.41) is 4.90. The molecule has 0 saturated carbocycles. The first-order valence-electron chi connectivity index (χ1n) is 15.5. The van der Waals surface area contributed by atoms with E-state index in [4.69, 9.17) is 5.11 Å². The van der Waals surface area contributed by atoms with Crippen LogP contribution < -0.4 is 0 Å². The Hall–Kier alpha value is -3.00. The molecule has 0 radical (unpaired) electrons. The number of nitrogens with zero attached hydrogens (tertiary/aromatic N) is 2. The summed E-state index contributed by atoms with van der Waals surface area (Å²) in [5.41, 5.74) is 10.9. The van der Waals surface area contributed by atoms with E-state index in [1.807, 2.05) is 11.7 Å². The molecule has 0 aliphatic heterocycles. The minimum absolute atomic E-state index is 1.03. The van der Waals surface area contributed by atoms with Crippen LogP contribution in [0.15, 0.2) is 72.0 Å². The van der Waals surface area contributed by atoms with Crippen molar-refractivity contribution in [3.05, 3.63) is 94.7 Å². The van der Waals surface area contributed by atoms with E-state index in [0.29, 0.717) is 0 Å².